The van der Waals surface area contributed by atoms with Crippen molar-refractivity contribution in [2.75, 3.05) is 60.0 Å². The smallest absolute Gasteiger partial charge is 0.104 e. The van der Waals surface area contributed by atoms with Crippen LogP contribution in [0.15, 0.2) is 30.3 Å². The van der Waals surface area contributed by atoms with Gasteiger partial charge in [-0.25, -0.2) is 0 Å². The molecule has 0 aliphatic heterocycles. The molecule has 1 aromatic carbocycles. The van der Waals surface area contributed by atoms with Crippen LogP contribution in [0.2, 0.25) is 0 Å². The highest BCUT2D eigenvalue weighted by atomic mass is 16.5. The van der Waals surface area contributed by atoms with Gasteiger partial charge in [-0.15, -0.1) is 0 Å². The summed E-state index contributed by atoms with van der Waals surface area (Å²) in [5, 5.41) is 9.40. The SMILES string of the molecule is COCCOCCOCCCCCCCCOCC(CO)OCc1ccccc1. The number of ether oxygens (including phenoxy) is 5. The van der Waals surface area contributed by atoms with Gasteiger partial charge in [-0.3, -0.25) is 0 Å². The quantitative estimate of drug-likeness (QED) is 0.311. The van der Waals surface area contributed by atoms with Gasteiger partial charge in [0.25, 0.3) is 0 Å². The van der Waals surface area contributed by atoms with Crippen molar-refractivity contribution in [3.05, 3.63) is 35.9 Å². The Morgan fingerprint density at radius 3 is 1.97 bits per heavy atom. The van der Waals surface area contributed by atoms with Crippen LogP contribution in [0.1, 0.15) is 44.1 Å². The maximum atomic E-state index is 9.40. The number of unbranched alkanes of at least 4 members (excludes halogenated alkanes) is 5. The highest BCUT2D eigenvalue weighted by Gasteiger charge is 2.08. The van der Waals surface area contributed by atoms with Gasteiger partial charge in [-0.2, -0.15) is 0 Å². The fourth-order valence-electron chi connectivity index (χ4n) is 2.74. The molecule has 1 aromatic rings. The Morgan fingerprint density at radius 1 is 0.724 bits per heavy atom. The molecule has 29 heavy (non-hydrogen) atoms. The van der Waals surface area contributed by atoms with Gasteiger partial charge >= 0.3 is 0 Å². The number of methoxy groups -OCH3 is 1. The van der Waals surface area contributed by atoms with Gasteiger partial charge < -0.3 is 28.8 Å². The van der Waals surface area contributed by atoms with E-state index in [0.717, 1.165) is 31.6 Å². The first-order chi connectivity index (χ1) is 14.4. The lowest BCUT2D eigenvalue weighted by molar-refractivity contribution is -0.0502. The van der Waals surface area contributed by atoms with E-state index in [1.807, 2.05) is 30.3 Å². The summed E-state index contributed by atoms with van der Waals surface area (Å²) in [6, 6.07) is 9.97. The van der Waals surface area contributed by atoms with Gasteiger partial charge in [0.05, 0.1) is 46.2 Å². The number of hydrogen-bond donors (Lipinski definition) is 1. The average Bonchev–Trinajstić information content (AvgIpc) is 2.76. The predicted molar refractivity (Wildman–Crippen MR) is 114 cm³/mol. The molecule has 0 bridgehead atoms. The highest BCUT2D eigenvalue weighted by molar-refractivity contribution is 5.13. The van der Waals surface area contributed by atoms with Crippen LogP contribution in [0, 0.1) is 0 Å². The van der Waals surface area contributed by atoms with Crippen molar-refractivity contribution in [3.63, 3.8) is 0 Å². The summed E-state index contributed by atoms with van der Waals surface area (Å²) in [4.78, 5) is 0. The fourth-order valence-corrected chi connectivity index (χ4v) is 2.74. The zero-order valence-corrected chi connectivity index (χ0v) is 18.1. The normalized spacial score (nSPS) is 12.3. The molecule has 1 N–H and O–H groups in total. The molecule has 1 unspecified atom stereocenters. The largest absolute Gasteiger partial charge is 0.394 e. The van der Waals surface area contributed by atoms with E-state index in [-0.39, 0.29) is 12.7 Å². The summed E-state index contributed by atoms with van der Waals surface area (Å²) in [5.74, 6) is 0. The third-order valence-electron chi connectivity index (χ3n) is 4.47. The lowest BCUT2D eigenvalue weighted by atomic mass is 10.1. The third-order valence-corrected chi connectivity index (χ3v) is 4.47. The Morgan fingerprint density at radius 2 is 1.31 bits per heavy atom. The van der Waals surface area contributed by atoms with Crippen LogP contribution in [0.3, 0.4) is 0 Å². The number of benzene rings is 1. The molecule has 0 amide bonds. The molecule has 0 spiro atoms. The Bertz CT molecular complexity index is 442. The minimum atomic E-state index is -0.263. The Kier molecular flexibility index (Phi) is 18.2. The minimum Gasteiger partial charge on any atom is -0.394 e. The molecule has 1 atom stereocenters. The monoisotopic (exact) mass is 412 g/mol. The van der Waals surface area contributed by atoms with E-state index in [2.05, 4.69) is 0 Å². The molecular formula is C23H40O6. The van der Waals surface area contributed by atoms with Crippen molar-refractivity contribution >= 4 is 0 Å². The lowest BCUT2D eigenvalue weighted by Crippen LogP contribution is -2.24. The van der Waals surface area contributed by atoms with E-state index in [4.69, 9.17) is 23.7 Å². The van der Waals surface area contributed by atoms with E-state index in [9.17, 15) is 5.11 Å². The maximum Gasteiger partial charge on any atom is 0.104 e. The molecule has 0 heterocycles. The molecule has 6 heteroatoms. The van der Waals surface area contributed by atoms with Crippen LogP contribution >= 0.6 is 0 Å². The van der Waals surface area contributed by atoms with Crippen LogP contribution < -0.4 is 0 Å². The van der Waals surface area contributed by atoms with Crippen molar-refractivity contribution < 1.29 is 28.8 Å². The summed E-state index contributed by atoms with van der Waals surface area (Å²) in [6.45, 7) is 5.01. The van der Waals surface area contributed by atoms with Crippen LogP contribution in [0.25, 0.3) is 0 Å². The van der Waals surface area contributed by atoms with Crippen LogP contribution in [-0.4, -0.2) is 71.2 Å². The summed E-state index contributed by atoms with van der Waals surface area (Å²) < 4.78 is 27.1. The van der Waals surface area contributed by atoms with Crippen molar-refractivity contribution in [1.29, 1.82) is 0 Å². The second kappa shape index (κ2) is 20.3. The molecule has 0 radical (unpaired) electrons. The van der Waals surface area contributed by atoms with Gasteiger partial charge in [-0.05, 0) is 18.4 Å². The predicted octanol–water partition coefficient (Wildman–Crippen LogP) is 3.60. The minimum absolute atomic E-state index is 0.0197. The number of rotatable bonds is 21. The van der Waals surface area contributed by atoms with Gasteiger partial charge in [0.15, 0.2) is 0 Å². The lowest BCUT2D eigenvalue weighted by Gasteiger charge is -2.15. The number of hydrogen-bond acceptors (Lipinski definition) is 6. The third kappa shape index (κ3) is 16.5. The molecule has 0 saturated carbocycles. The van der Waals surface area contributed by atoms with Crippen LogP contribution in [0.4, 0.5) is 0 Å². The van der Waals surface area contributed by atoms with Crippen molar-refractivity contribution in [3.8, 4) is 0 Å². The van der Waals surface area contributed by atoms with Crippen LogP contribution in [-0.2, 0) is 30.3 Å². The molecule has 0 saturated heterocycles. The number of aliphatic hydroxyl groups is 1. The van der Waals surface area contributed by atoms with Crippen molar-refractivity contribution in [2.45, 2.75) is 51.2 Å². The molecule has 0 aromatic heterocycles. The van der Waals surface area contributed by atoms with Gasteiger partial charge in [0.1, 0.15) is 6.10 Å². The summed E-state index contributed by atoms with van der Waals surface area (Å²) in [6.07, 6.45) is 6.71. The fraction of sp³-hybridized carbons (Fsp3) is 0.739. The Balaban J connectivity index is 1.81. The van der Waals surface area contributed by atoms with Gasteiger partial charge in [0, 0.05) is 20.3 Å². The first-order valence-corrected chi connectivity index (χ1v) is 10.9. The second-order valence-electron chi connectivity index (χ2n) is 7.01. The Hall–Kier alpha value is -1.02. The zero-order chi connectivity index (χ0) is 20.8. The van der Waals surface area contributed by atoms with E-state index < -0.39 is 0 Å². The summed E-state index contributed by atoms with van der Waals surface area (Å²) in [7, 11) is 1.67. The first kappa shape index (κ1) is 26.0. The summed E-state index contributed by atoms with van der Waals surface area (Å²) >= 11 is 0. The maximum absolute atomic E-state index is 9.40. The molecule has 1 rings (SSSR count). The molecule has 0 fully saturated rings. The second-order valence-corrected chi connectivity index (χ2v) is 7.01. The molecule has 6 nitrogen and oxygen atoms in total. The van der Waals surface area contributed by atoms with E-state index in [1.54, 1.807) is 7.11 Å². The number of aliphatic hydroxyl groups excluding tert-OH is 1. The molecule has 0 aliphatic rings. The van der Waals surface area contributed by atoms with Crippen molar-refractivity contribution in [1.82, 2.24) is 0 Å². The van der Waals surface area contributed by atoms with E-state index in [0.29, 0.717) is 39.6 Å². The van der Waals surface area contributed by atoms with Crippen molar-refractivity contribution in [2.24, 2.45) is 0 Å². The Labute approximate surface area is 176 Å². The van der Waals surface area contributed by atoms with Gasteiger partial charge in [0.2, 0.25) is 0 Å². The molecule has 0 aliphatic carbocycles. The highest BCUT2D eigenvalue weighted by Crippen LogP contribution is 2.07. The molecule has 168 valence electrons. The molecular weight excluding hydrogens is 372 g/mol. The zero-order valence-electron chi connectivity index (χ0n) is 18.1. The average molecular weight is 413 g/mol. The topological polar surface area (TPSA) is 66.4 Å². The summed E-state index contributed by atoms with van der Waals surface area (Å²) in [5.41, 5.74) is 1.10. The van der Waals surface area contributed by atoms with Crippen LogP contribution in [0.5, 0.6) is 0 Å². The van der Waals surface area contributed by atoms with E-state index >= 15 is 0 Å². The van der Waals surface area contributed by atoms with E-state index in [1.165, 1.54) is 25.7 Å². The van der Waals surface area contributed by atoms with Gasteiger partial charge in [-0.1, -0.05) is 56.0 Å². The standard InChI is InChI=1S/C23H40O6/c1-25-15-16-27-18-17-26-13-9-4-2-3-5-10-14-28-21-23(19-24)29-20-22-11-7-6-8-12-22/h6-8,11-12,23-24H,2-5,9-10,13-21H2,1H3. The first-order valence-electron chi connectivity index (χ1n) is 10.9.